The molecule has 1 unspecified atom stereocenters. The van der Waals surface area contributed by atoms with E-state index in [9.17, 15) is 14.4 Å². The molecule has 1 aromatic carbocycles. The predicted octanol–water partition coefficient (Wildman–Crippen LogP) is 1.92. The maximum atomic E-state index is 12.9. The third-order valence-electron chi connectivity index (χ3n) is 3.93. The first kappa shape index (κ1) is 21.1. The first-order valence-corrected chi connectivity index (χ1v) is 8.47. The van der Waals surface area contributed by atoms with Gasteiger partial charge in [0.15, 0.2) is 0 Å². The first-order valence-electron chi connectivity index (χ1n) is 8.47. The molecule has 0 saturated heterocycles. The average molecular weight is 389 g/mol. The van der Waals surface area contributed by atoms with Crippen LogP contribution in [0.2, 0.25) is 0 Å². The van der Waals surface area contributed by atoms with E-state index in [2.05, 4.69) is 4.99 Å². The van der Waals surface area contributed by atoms with Crippen LogP contribution in [0.5, 0.6) is 0 Å². The van der Waals surface area contributed by atoms with Crippen molar-refractivity contribution in [3.05, 3.63) is 47.0 Å². The Labute approximate surface area is 163 Å². The smallest absolute Gasteiger partial charge is 0.360 e. The zero-order valence-corrected chi connectivity index (χ0v) is 16.7. The van der Waals surface area contributed by atoms with Gasteiger partial charge in [0.25, 0.3) is 5.60 Å². The van der Waals surface area contributed by atoms with Gasteiger partial charge in [0.1, 0.15) is 11.1 Å². The number of benzene rings is 1. The molecule has 1 aliphatic rings. The largest absolute Gasteiger partial charge is 0.466 e. The molecule has 2 rings (SSSR count). The van der Waals surface area contributed by atoms with E-state index in [0.717, 1.165) is 21.3 Å². The minimum atomic E-state index is -2.06. The minimum absolute atomic E-state index is 0.200. The van der Waals surface area contributed by atoms with Gasteiger partial charge in [-0.25, -0.2) is 19.4 Å². The Morgan fingerprint density at radius 1 is 0.929 bits per heavy atom. The Morgan fingerprint density at radius 2 is 1.50 bits per heavy atom. The zero-order chi connectivity index (χ0) is 21.1. The zero-order valence-electron chi connectivity index (χ0n) is 16.7. The van der Waals surface area contributed by atoms with Crippen molar-refractivity contribution >= 4 is 23.8 Å². The Hall–Kier alpha value is -3.16. The first-order chi connectivity index (χ1) is 13.1. The number of carbonyl (C=O) groups is 3. The fourth-order valence-corrected chi connectivity index (χ4v) is 2.83. The summed E-state index contributed by atoms with van der Waals surface area (Å²) < 4.78 is 20.6. The van der Waals surface area contributed by atoms with E-state index in [-0.39, 0.29) is 22.6 Å². The highest BCUT2D eigenvalue weighted by Crippen LogP contribution is 2.44. The molecule has 1 atom stereocenters. The molecular formula is C20H23NO7. The molecule has 0 saturated carbocycles. The number of aliphatic imine (C=N–C) groups is 1. The summed E-state index contributed by atoms with van der Waals surface area (Å²) in [5.41, 5.74) is -3.08. The van der Waals surface area contributed by atoms with Gasteiger partial charge in [-0.2, -0.15) is 0 Å². The van der Waals surface area contributed by atoms with Crippen molar-refractivity contribution in [1.29, 1.82) is 0 Å². The average Bonchev–Trinajstić information content (AvgIpc) is 3.00. The number of methoxy groups -OCH3 is 3. The van der Waals surface area contributed by atoms with Crippen molar-refractivity contribution in [3.8, 4) is 0 Å². The number of carbonyl (C=O) groups excluding carboxylic acids is 3. The van der Waals surface area contributed by atoms with E-state index in [0.29, 0.717) is 0 Å². The fraction of sp³-hybridized carbons (Fsp3) is 0.400. The number of esters is 3. The third-order valence-corrected chi connectivity index (χ3v) is 3.93. The van der Waals surface area contributed by atoms with Crippen LogP contribution in [0.15, 0.2) is 46.5 Å². The van der Waals surface area contributed by atoms with Gasteiger partial charge in [-0.3, -0.25) is 0 Å². The van der Waals surface area contributed by atoms with Crippen LogP contribution in [-0.2, 0) is 38.9 Å². The molecule has 1 aromatic rings. The highest BCUT2D eigenvalue weighted by Gasteiger charge is 2.60. The molecule has 0 aromatic heterocycles. The lowest BCUT2D eigenvalue weighted by atomic mass is 9.84. The maximum absolute atomic E-state index is 12.9. The second-order valence-corrected chi connectivity index (χ2v) is 6.96. The highest BCUT2D eigenvalue weighted by atomic mass is 16.6. The molecule has 1 heterocycles. The quantitative estimate of drug-likeness (QED) is 0.573. The summed E-state index contributed by atoms with van der Waals surface area (Å²) in [5.74, 6) is -2.92. The highest BCUT2D eigenvalue weighted by molar-refractivity contribution is 6.26. The number of nitrogens with zero attached hydrogens (tertiary/aromatic N) is 1. The van der Waals surface area contributed by atoms with Gasteiger partial charge in [-0.05, 0) is 20.8 Å². The second kappa shape index (κ2) is 7.84. The van der Waals surface area contributed by atoms with Crippen molar-refractivity contribution in [2.24, 2.45) is 4.99 Å². The molecule has 28 heavy (non-hydrogen) atoms. The molecule has 8 nitrogen and oxygen atoms in total. The van der Waals surface area contributed by atoms with Gasteiger partial charge in [0.05, 0.1) is 26.9 Å². The molecule has 1 aliphatic heterocycles. The van der Waals surface area contributed by atoms with E-state index < -0.39 is 29.0 Å². The lowest BCUT2D eigenvalue weighted by molar-refractivity contribution is -0.160. The van der Waals surface area contributed by atoms with Gasteiger partial charge in [-0.15, -0.1) is 0 Å². The van der Waals surface area contributed by atoms with Gasteiger partial charge in [0.2, 0.25) is 5.90 Å². The predicted molar refractivity (Wildman–Crippen MR) is 99.5 cm³/mol. The van der Waals surface area contributed by atoms with E-state index in [4.69, 9.17) is 18.9 Å². The summed E-state index contributed by atoms with van der Waals surface area (Å²) in [6.45, 7) is 5.32. The summed E-state index contributed by atoms with van der Waals surface area (Å²) in [7, 11) is 3.44. The van der Waals surface area contributed by atoms with Crippen LogP contribution in [0.1, 0.15) is 26.3 Å². The number of rotatable bonds is 4. The van der Waals surface area contributed by atoms with Crippen LogP contribution in [-0.4, -0.2) is 50.7 Å². The molecule has 0 spiro atoms. The van der Waals surface area contributed by atoms with E-state index >= 15 is 0 Å². The molecule has 0 amide bonds. The Bertz CT molecular complexity index is 849. The molecule has 150 valence electrons. The Balaban J connectivity index is 2.97. The molecule has 0 bridgehead atoms. The van der Waals surface area contributed by atoms with E-state index in [1.807, 2.05) is 0 Å². The Morgan fingerprint density at radius 3 is 1.96 bits per heavy atom. The molecule has 0 N–H and O–H groups in total. The normalized spacial score (nSPS) is 20.6. The summed E-state index contributed by atoms with van der Waals surface area (Å²) in [4.78, 5) is 42.6. The minimum Gasteiger partial charge on any atom is -0.466 e. The molecule has 0 fully saturated rings. The van der Waals surface area contributed by atoms with Crippen LogP contribution in [0.4, 0.5) is 0 Å². The summed E-state index contributed by atoms with van der Waals surface area (Å²) in [5, 5.41) is 0. The van der Waals surface area contributed by atoms with Crippen LogP contribution in [0.25, 0.3) is 0 Å². The molecule has 0 radical (unpaired) electrons. The molecular weight excluding hydrogens is 366 g/mol. The maximum Gasteiger partial charge on any atom is 0.360 e. The Kier molecular flexibility index (Phi) is 5.92. The van der Waals surface area contributed by atoms with Crippen LogP contribution >= 0.6 is 0 Å². The van der Waals surface area contributed by atoms with E-state index in [1.165, 1.54) is 0 Å². The lowest BCUT2D eigenvalue weighted by Crippen LogP contribution is -2.42. The summed E-state index contributed by atoms with van der Waals surface area (Å²) in [6.07, 6.45) is 0. The van der Waals surface area contributed by atoms with Crippen molar-refractivity contribution < 1.29 is 33.3 Å². The monoisotopic (exact) mass is 389 g/mol. The van der Waals surface area contributed by atoms with Gasteiger partial charge < -0.3 is 18.9 Å². The van der Waals surface area contributed by atoms with Crippen LogP contribution in [0, 0.1) is 0 Å². The third kappa shape index (κ3) is 3.62. The summed E-state index contributed by atoms with van der Waals surface area (Å²) >= 11 is 0. The topological polar surface area (TPSA) is 100 Å². The second-order valence-electron chi connectivity index (χ2n) is 6.96. The van der Waals surface area contributed by atoms with Crippen molar-refractivity contribution in [2.45, 2.75) is 31.9 Å². The SMILES string of the molecule is COC(=O)C1=C(C(=O)OC)C(C(=O)OC)(c2ccccc2)OC1=NC(C)(C)C. The van der Waals surface area contributed by atoms with Crippen molar-refractivity contribution in [3.63, 3.8) is 0 Å². The standard InChI is InChI=1S/C20H23NO7/c1-19(2,3)21-15-13(16(22)25-4)14(17(23)26-5)20(28-15,18(24)27-6)12-10-8-7-9-11-12/h7-11H,1-6H3. The van der Waals surface area contributed by atoms with Crippen molar-refractivity contribution in [2.75, 3.05) is 21.3 Å². The fourth-order valence-electron chi connectivity index (χ4n) is 2.83. The number of ether oxygens (including phenoxy) is 4. The molecule has 0 aliphatic carbocycles. The van der Waals surface area contributed by atoms with Crippen molar-refractivity contribution in [1.82, 2.24) is 0 Å². The van der Waals surface area contributed by atoms with Crippen LogP contribution < -0.4 is 0 Å². The van der Waals surface area contributed by atoms with Gasteiger partial charge in [0, 0.05) is 5.56 Å². The number of hydrogen-bond acceptors (Lipinski definition) is 8. The van der Waals surface area contributed by atoms with Crippen LogP contribution in [0.3, 0.4) is 0 Å². The summed E-state index contributed by atoms with van der Waals surface area (Å²) in [6, 6.07) is 8.21. The van der Waals surface area contributed by atoms with Gasteiger partial charge in [-0.1, -0.05) is 30.3 Å². The lowest BCUT2D eigenvalue weighted by Gasteiger charge is -2.28. The number of hydrogen-bond donors (Lipinski definition) is 0. The molecule has 8 heteroatoms. The van der Waals surface area contributed by atoms with E-state index in [1.54, 1.807) is 51.1 Å². The van der Waals surface area contributed by atoms with Gasteiger partial charge >= 0.3 is 17.9 Å².